The van der Waals surface area contributed by atoms with Crippen LogP contribution in [0.3, 0.4) is 0 Å². The van der Waals surface area contributed by atoms with E-state index in [0.717, 1.165) is 0 Å². The molecule has 0 saturated carbocycles. The molecule has 8 heterocycles. The fourth-order valence-electron chi connectivity index (χ4n) is 17.0. The van der Waals surface area contributed by atoms with Gasteiger partial charge in [0.15, 0.2) is 0 Å². The van der Waals surface area contributed by atoms with Crippen molar-refractivity contribution in [1.82, 2.24) is 18.1 Å². The summed E-state index contributed by atoms with van der Waals surface area (Å²) < 4.78 is 11.0. The zero-order valence-electron chi connectivity index (χ0n) is 44.6. The molecule has 80 heavy (non-hydrogen) atoms. The molecule has 0 saturated heterocycles. The molecule has 6 heteroatoms. The molecule has 368 valence electrons. The van der Waals surface area contributed by atoms with Crippen molar-refractivity contribution in [2.75, 3.05) is 0 Å². The van der Waals surface area contributed by atoms with Gasteiger partial charge in [0, 0.05) is 65.9 Å². The highest BCUT2D eigenvalue weighted by molar-refractivity contribution is 6.92. The van der Waals surface area contributed by atoms with Crippen LogP contribution in [-0.4, -0.2) is 31.8 Å². The molecule has 4 aromatic heterocycles. The highest BCUT2D eigenvalue weighted by Crippen LogP contribution is 2.53. The molecule has 20 rings (SSSR count). The molecule has 0 N–H and O–H groups in total. The van der Waals surface area contributed by atoms with Crippen LogP contribution in [0.5, 0.6) is 0 Å². The van der Waals surface area contributed by atoms with Crippen LogP contribution >= 0.6 is 0 Å². The molecular formula is C74H46B2N4. The average Bonchev–Trinajstić information content (AvgIpc) is 2.49. The van der Waals surface area contributed by atoms with Crippen molar-refractivity contribution in [3.8, 4) is 55.9 Å². The molecule has 4 aliphatic rings. The van der Waals surface area contributed by atoms with Crippen molar-refractivity contribution in [2.24, 2.45) is 0 Å². The van der Waals surface area contributed by atoms with Gasteiger partial charge in [0.05, 0.1) is 33.1 Å². The Labute approximate surface area is 461 Å². The standard InChI is InChI=1S/C74H46B2N4/c1-39-17-13-18-40(2)61(39)43-33-35-55-59(37-43)77-57-31-11-9-25-49(57)65-47-23-7-5-21-45(47)63-51-27-15-29-53-69(51)79(75(55)67(63)73(65)77)71-54-30-16-28-52-64-46-22-6-8-24-48(46)66-50-26-10-12-32-58(50)78-60-38-44(62-41(3)19-14-20-42(62)4)34-36-56(60)76(68(64)74(66)78)80(70(52)54)72(53)71/h5-38H,1-4H3. The molecule has 0 aliphatic carbocycles. The van der Waals surface area contributed by atoms with Crippen molar-refractivity contribution in [2.45, 2.75) is 27.7 Å². The number of aryl methyl sites for hydroxylation is 4. The maximum absolute atomic E-state index is 2.84. The fourth-order valence-corrected chi connectivity index (χ4v) is 17.0. The van der Waals surface area contributed by atoms with Crippen molar-refractivity contribution < 1.29 is 0 Å². The summed E-state index contributed by atoms with van der Waals surface area (Å²) in [5.41, 5.74) is 34.0. The maximum atomic E-state index is 2.84. The summed E-state index contributed by atoms with van der Waals surface area (Å²) in [5, 5.41) is 13.1. The molecule has 0 unspecified atom stereocenters. The number of rotatable bonds is 2. The maximum Gasteiger partial charge on any atom is 0.333 e. The third kappa shape index (κ3) is 4.70. The Morgan fingerprint density at radius 3 is 1.07 bits per heavy atom. The summed E-state index contributed by atoms with van der Waals surface area (Å²) in [4.78, 5) is 0. The Morgan fingerprint density at radius 2 is 0.650 bits per heavy atom. The Morgan fingerprint density at radius 1 is 0.287 bits per heavy atom. The summed E-state index contributed by atoms with van der Waals surface area (Å²) in [7, 11) is 0. The van der Waals surface area contributed by atoms with Crippen molar-refractivity contribution in [3.63, 3.8) is 0 Å². The van der Waals surface area contributed by atoms with Crippen molar-refractivity contribution >= 4 is 134 Å². The molecule has 0 bridgehead atoms. The van der Waals surface area contributed by atoms with E-state index in [9.17, 15) is 0 Å². The number of hydrogen-bond acceptors (Lipinski definition) is 0. The third-order valence-electron chi connectivity index (χ3n) is 19.8. The van der Waals surface area contributed by atoms with Gasteiger partial charge in [0.2, 0.25) is 0 Å². The van der Waals surface area contributed by atoms with Gasteiger partial charge in [-0.05, 0) is 151 Å². The van der Waals surface area contributed by atoms with Gasteiger partial charge in [-0.15, -0.1) is 0 Å². The minimum absolute atomic E-state index is 0.120. The van der Waals surface area contributed by atoms with E-state index in [4.69, 9.17) is 0 Å². The number of aromatic nitrogens is 4. The molecule has 0 radical (unpaired) electrons. The molecule has 4 aliphatic heterocycles. The van der Waals surface area contributed by atoms with Crippen LogP contribution in [0.1, 0.15) is 22.3 Å². The smallest absolute Gasteiger partial charge is 0.333 e. The van der Waals surface area contributed by atoms with Crippen LogP contribution in [0.15, 0.2) is 206 Å². The van der Waals surface area contributed by atoms with Crippen LogP contribution in [-0.2, 0) is 0 Å². The topological polar surface area (TPSA) is 19.7 Å². The lowest BCUT2D eigenvalue weighted by Crippen LogP contribution is -2.55. The zero-order valence-corrected chi connectivity index (χ0v) is 44.6. The van der Waals surface area contributed by atoms with E-state index in [1.165, 1.54) is 198 Å². The van der Waals surface area contributed by atoms with E-state index in [-0.39, 0.29) is 13.7 Å². The first-order valence-corrected chi connectivity index (χ1v) is 28.4. The second-order valence-electron chi connectivity index (χ2n) is 23.5. The van der Waals surface area contributed by atoms with Crippen LogP contribution in [0, 0.1) is 27.7 Å². The first-order valence-electron chi connectivity index (χ1n) is 28.4. The van der Waals surface area contributed by atoms with Crippen LogP contribution in [0.25, 0.3) is 154 Å². The second-order valence-corrected chi connectivity index (χ2v) is 23.5. The fraction of sp³-hybridized carbons (Fsp3) is 0.0541. The quantitative estimate of drug-likeness (QED) is 0.154. The normalized spacial score (nSPS) is 13.4. The SMILES string of the molecule is Cc1cccc(C)c1-c1ccc2c(c1)-n1c3ccccc3c3c4ccccc4c4c(c31)B2n1c2c-4cccc2c2c1c1cccc3c1n2B1c2ccc(-c4c(C)cccc4C)cc2-n2c4ccccc4c4c5ccccc5c-3c1c42. The molecule has 12 aromatic carbocycles. The molecule has 16 aromatic rings. The van der Waals surface area contributed by atoms with Gasteiger partial charge in [-0.2, -0.15) is 0 Å². The lowest BCUT2D eigenvalue weighted by atomic mass is 9.45. The first kappa shape index (κ1) is 42.3. The van der Waals surface area contributed by atoms with Gasteiger partial charge in [-0.25, -0.2) is 0 Å². The molecule has 0 spiro atoms. The number of fused-ring (bicyclic) bond motifs is 27. The molecule has 0 amide bonds. The Balaban J connectivity index is 0.989. The summed E-state index contributed by atoms with van der Waals surface area (Å²) in [6, 6.07) is 79.7. The molecule has 4 nitrogen and oxygen atoms in total. The van der Waals surface area contributed by atoms with Gasteiger partial charge in [0.1, 0.15) is 0 Å². The van der Waals surface area contributed by atoms with Crippen LogP contribution < -0.4 is 21.9 Å². The van der Waals surface area contributed by atoms with Gasteiger partial charge in [-0.1, -0.05) is 182 Å². The van der Waals surface area contributed by atoms with E-state index in [1.807, 2.05) is 0 Å². The van der Waals surface area contributed by atoms with E-state index < -0.39 is 0 Å². The van der Waals surface area contributed by atoms with Crippen molar-refractivity contribution in [1.29, 1.82) is 0 Å². The Bertz CT molecular complexity index is 5290. The van der Waals surface area contributed by atoms with Crippen LogP contribution in [0.4, 0.5) is 0 Å². The van der Waals surface area contributed by atoms with E-state index in [1.54, 1.807) is 0 Å². The minimum Gasteiger partial charge on any atom is -0.374 e. The summed E-state index contributed by atoms with van der Waals surface area (Å²) in [5.74, 6) is 0. The van der Waals surface area contributed by atoms with Crippen molar-refractivity contribution in [3.05, 3.63) is 229 Å². The third-order valence-corrected chi connectivity index (χ3v) is 19.8. The number of benzene rings is 12. The van der Waals surface area contributed by atoms with E-state index in [0.29, 0.717) is 0 Å². The lowest BCUT2D eigenvalue weighted by Gasteiger charge is -2.35. The highest BCUT2D eigenvalue weighted by Gasteiger charge is 2.47. The first-order chi connectivity index (χ1) is 39.4. The van der Waals surface area contributed by atoms with Gasteiger partial charge < -0.3 is 18.1 Å². The highest BCUT2D eigenvalue weighted by atomic mass is 15.1. The summed E-state index contributed by atoms with van der Waals surface area (Å²) in [6.07, 6.45) is 0. The number of nitrogens with zero attached hydrogens (tertiary/aromatic N) is 4. The minimum atomic E-state index is -0.120. The van der Waals surface area contributed by atoms with Gasteiger partial charge in [-0.3, -0.25) is 0 Å². The largest absolute Gasteiger partial charge is 0.374 e. The average molecular weight is 1010 g/mol. The summed E-state index contributed by atoms with van der Waals surface area (Å²) >= 11 is 0. The summed E-state index contributed by atoms with van der Waals surface area (Å²) in [6.45, 7) is 8.82. The van der Waals surface area contributed by atoms with Crippen LogP contribution in [0.2, 0.25) is 0 Å². The molecule has 0 fully saturated rings. The predicted molar refractivity (Wildman–Crippen MR) is 340 cm³/mol. The number of para-hydroxylation sites is 4. The Hall–Kier alpha value is -9.77. The predicted octanol–water partition coefficient (Wildman–Crippen LogP) is 15.7. The molecular weight excluding hydrogens is 966 g/mol. The zero-order chi connectivity index (χ0) is 52.3. The van der Waals surface area contributed by atoms with E-state index >= 15 is 0 Å². The monoisotopic (exact) mass is 1010 g/mol. The van der Waals surface area contributed by atoms with Gasteiger partial charge in [0.25, 0.3) is 0 Å². The Kier molecular flexibility index (Phi) is 7.55. The second kappa shape index (κ2) is 14.3. The van der Waals surface area contributed by atoms with E-state index in [2.05, 4.69) is 252 Å². The number of hydrogen-bond donors (Lipinski definition) is 0. The molecule has 0 atom stereocenters. The van der Waals surface area contributed by atoms with Gasteiger partial charge >= 0.3 is 13.7 Å². The lowest BCUT2D eigenvalue weighted by molar-refractivity contribution is 1.18.